The van der Waals surface area contributed by atoms with Crippen molar-refractivity contribution in [2.24, 2.45) is 5.73 Å². The molecule has 0 bridgehead atoms. The Morgan fingerprint density at radius 3 is 2.45 bits per heavy atom. The molecule has 0 atom stereocenters. The van der Waals surface area contributed by atoms with Gasteiger partial charge in [0, 0.05) is 0 Å². The maximum atomic E-state index is 10.2. The van der Waals surface area contributed by atoms with Crippen LogP contribution in [0.4, 0.5) is 10.7 Å². The number of aromatic nitrogens is 2. The molecule has 1 rings (SSSR count). The average molecular weight is 154 g/mol. The van der Waals surface area contributed by atoms with Gasteiger partial charge in [-0.1, -0.05) is 0 Å². The molecule has 0 aliphatic heterocycles. The molecule has 0 aliphatic rings. The number of anilines is 1. The minimum absolute atomic E-state index is 0.113. The Morgan fingerprint density at radius 2 is 2.00 bits per heavy atom. The Morgan fingerprint density at radius 1 is 1.45 bits per heavy atom. The van der Waals surface area contributed by atoms with E-state index in [9.17, 15) is 4.79 Å². The van der Waals surface area contributed by atoms with E-state index in [1.165, 1.54) is 12.4 Å². The van der Waals surface area contributed by atoms with Gasteiger partial charge in [-0.25, -0.2) is 14.8 Å². The number of ether oxygens (including phenoxy) is 1. The first-order valence-corrected chi connectivity index (χ1v) is 2.73. The molecule has 58 valence electrons. The van der Waals surface area contributed by atoms with E-state index >= 15 is 0 Å². The molecule has 0 spiro atoms. The van der Waals surface area contributed by atoms with Crippen LogP contribution in [0.3, 0.4) is 0 Å². The van der Waals surface area contributed by atoms with Crippen LogP contribution in [-0.4, -0.2) is 16.1 Å². The summed E-state index contributed by atoms with van der Waals surface area (Å²) in [4.78, 5) is 17.3. The van der Waals surface area contributed by atoms with Crippen molar-refractivity contribution in [3.05, 3.63) is 12.4 Å². The number of nitrogens with zero attached hydrogens (tertiary/aromatic N) is 2. The summed E-state index contributed by atoms with van der Waals surface area (Å²) in [5.74, 6) is 0.286. The minimum Gasteiger partial charge on any atom is -0.407 e. The normalized spacial score (nSPS) is 9.09. The van der Waals surface area contributed by atoms with E-state index in [2.05, 4.69) is 14.7 Å². The molecule has 6 nitrogen and oxygen atoms in total. The average Bonchev–Trinajstić information content (AvgIpc) is 1.93. The van der Waals surface area contributed by atoms with E-state index in [1.54, 1.807) is 0 Å². The number of carbonyl (C=O) groups excluding carboxylic acids is 1. The van der Waals surface area contributed by atoms with Crippen LogP contribution in [0.1, 0.15) is 0 Å². The van der Waals surface area contributed by atoms with Crippen molar-refractivity contribution in [1.82, 2.24) is 9.97 Å². The summed E-state index contributed by atoms with van der Waals surface area (Å²) in [6, 6.07) is 0. The molecule has 11 heavy (non-hydrogen) atoms. The van der Waals surface area contributed by atoms with Crippen molar-refractivity contribution in [3.63, 3.8) is 0 Å². The highest BCUT2D eigenvalue weighted by Crippen LogP contribution is 2.05. The van der Waals surface area contributed by atoms with Crippen LogP contribution in [-0.2, 0) is 0 Å². The van der Waals surface area contributed by atoms with E-state index < -0.39 is 6.09 Å². The fraction of sp³-hybridized carbons (Fsp3) is 0. The Labute approximate surface area is 62.2 Å². The van der Waals surface area contributed by atoms with Crippen LogP contribution in [0.15, 0.2) is 12.4 Å². The molecule has 0 fully saturated rings. The first-order chi connectivity index (χ1) is 5.18. The van der Waals surface area contributed by atoms with Crippen LogP contribution in [0.2, 0.25) is 0 Å². The highest BCUT2D eigenvalue weighted by molar-refractivity contribution is 5.67. The summed E-state index contributed by atoms with van der Waals surface area (Å²) in [5.41, 5.74) is 9.88. The van der Waals surface area contributed by atoms with Gasteiger partial charge in [0.1, 0.15) is 0 Å². The first-order valence-electron chi connectivity index (χ1n) is 2.73. The summed E-state index contributed by atoms with van der Waals surface area (Å²) >= 11 is 0. The number of amides is 1. The molecular weight excluding hydrogens is 148 g/mol. The molecule has 4 N–H and O–H groups in total. The van der Waals surface area contributed by atoms with Crippen LogP contribution in [0.25, 0.3) is 0 Å². The number of hydrogen-bond acceptors (Lipinski definition) is 5. The molecule has 1 aromatic heterocycles. The third-order valence-electron chi connectivity index (χ3n) is 0.867. The third-order valence-corrected chi connectivity index (χ3v) is 0.867. The standard InChI is InChI=1S/C5H6N4O2/c6-4-8-1-3(2-9-4)11-5(7)10/h1-2H,(H2,7,10)(H2,6,8,9). The van der Waals surface area contributed by atoms with Gasteiger partial charge in [-0.2, -0.15) is 0 Å². The predicted octanol–water partition coefficient (Wildman–Crippen LogP) is -0.484. The highest BCUT2D eigenvalue weighted by Gasteiger charge is 1.97. The molecule has 0 radical (unpaired) electrons. The lowest BCUT2D eigenvalue weighted by Crippen LogP contribution is -2.16. The van der Waals surface area contributed by atoms with Crippen LogP contribution >= 0.6 is 0 Å². The van der Waals surface area contributed by atoms with Crippen molar-refractivity contribution in [2.45, 2.75) is 0 Å². The lowest BCUT2D eigenvalue weighted by molar-refractivity contribution is 0.210. The van der Waals surface area contributed by atoms with E-state index in [0.717, 1.165) is 0 Å². The molecule has 0 saturated heterocycles. The van der Waals surface area contributed by atoms with Gasteiger partial charge in [0.2, 0.25) is 5.95 Å². The summed E-state index contributed by atoms with van der Waals surface area (Å²) in [6.45, 7) is 0. The number of rotatable bonds is 1. The molecule has 0 aromatic carbocycles. The topological polar surface area (TPSA) is 104 Å². The molecule has 0 saturated carbocycles. The van der Waals surface area contributed by atoms with E-state index in [1.807, 2.05) is 0 Å². The molecule has 1 amide bonds. The highest BCUT2D eigenvalue weighted by atomic mass is 16.5. The maximum Gasteiger partial charge on any atom is 0.410 e. The van der Waals surface area contributed by atoms with Crippen molar-refractivity contribution in [2.75, 3.05) is 5.73 Å². The molecule has 1 aromatic rings. The van der Waals surface area contributed by atoms with Gasteiger partial charge in [0.15, 0.2) is 5.75 Å². The summed E-state index contributed by atoms with van der Waals surface area (Å²) in [7, 11) is 0. The molecular formula is C5H6N4O2. The Hall–Kier alpha value is -1.85. The largest absolute Gasteiger partial charge is 0.410 e. The zero-order chi connectivity index (χ0) is 8.27. The first kappa shape index (κ1) is 7.26. The second kappa shape index (κ2) is 2.82. The SMILES string of the molecule is NC(=O)Oc1cnc(N)nc1. The lowest BCUT2D eigenvalue weighted by Gasteiger charge is -1.97. The predicted molar refractivity (Wildman–Crippen MR) is 36.7 cm³/mol. The van der Waals surface area contributed by atoms with Crippen molar-refractivity contribution in [1.29, 1.82) is 0 Å². The van der Waals surface area contributed by atoms with E-state index in [4.69, 9.17) is 11.5 Å². The summed E-state index contributed by atoms with van der Waals surface area (Å²) < 4.78 is 4.43. The fourth-order valence-electron chi connectivity index (χ4n) is 0.495. The quantitative estimate of drug-likeness (QED) is 0.568. The summed E-state index contributed by atoms with van der Waals surface area (Å²) in [5, 5.41) is 0. The summed E-state index contributed by atoms with van der Waals surface area (Å²) in [6.07, 6.45) is 1.61. The fourth-order valence-corrected chi connectivity index (χ4v) is 0.495. The van der Waals surface area contributed by atoms with E-state index in [-0.39, 0.29) is 11.7 Å². The number of carbonyl (C=O) groups is 1. The lowest BCUT2D eigenvalue weighted by atomic mass is 10.6. The monoisotopic (exact) mass is 154 g/mol. The zero-order valence-electron chi connectivity index (χ0n) is 5.52. The second-order valence-corrected chi connectivity index (χ2v) is 1.70. The van der Waals surface area contributed by atoms with E-state index in [0.29, 0.717) is 0 Å². The van der Waals surface area contributed by atoms with Gasteiger partial charge in [-0.05, 0) is 0 Å². The number of primary amides is 1. The van der Waals surface area contributed by atoms with Crippen LogP contribution < -0.4 is 16.2 Å². The van der Waals surface area contributed by atoms with Gasteiger partial charge in [-0.15, -0.1) is 0 Å². The zero-order valence-corrected chi connectivity index (χ0v) is 5.52. The number of nitrogen functional groups attached to an aromatic ring is 1. The molecule has 0 aliphatic carbocycles. The Kier molecular flexibility index (Phi) is 1.86. The van der Waals surface area contributed by atoms with Gasteiger partial charge in [-0.3, -0.25) is 0 Å². The van der Waals surface area contributed by atoms with Gasteiger partial charge >= 0.3 is 6.09 Å². The smallest absolute Gasteiger partial charge is 0.407 e. The Balaban J connectivity index is 2.74. The van der Waals surface area contributed by atoms with Crippen molar-refractivity contribution < 1.29 is 9.53 Å². The van der Waals surface area contributed by atoms with Crippen LogP contribution in [0.5, 0.6) is 5.75 Å². The second-order valence-electron chi connectivity index (χ2n) is 1.70. The number of hydrogen-bond donors (Lipinski definition) is 2. The van der Waals surface area contributed by atoms with Crippen molar-refractivity contribution in [3.8, 4) is 5.75 Å². The van der Waals surface area contributed by atoms with Gasteiger partial charge < -0.3 is 16.2 Å². The molecule has 1 heterocycles. The third kappa shape index (κ3) is 2.09. The van der Waals surface area contributed by atoms with Crippen LogP contribution in [0, 0.1) is 0 Å². The van der Waals surface area contributed by atoms with Gasteiger partial charge in [0.05, 0.1) is 12.4 Å². The molecule has 0 unspecified atom stereocenters. The number of nitrogens with two attached hydrogens (primary N) is 2. The van der Waals surface area contributed by atoms with Crippen molar-refractivity contribution >= 4 is 12.0 Å². The molecule has 6 heteroatoms. The van der Waals surface area contributed by atoms with Gasteiger partial charge in [0.25, 0.3) is 0 Å². The maximum absolute atomic E-state index is 10.2. The minimum atomic E-state index is -0.904. The Bertz CT molecular complexity index is 258.